The van der Waals surface area contributed by atoms with Crippen molar-refractivity contribution in [3.8, 4) is 0 Å². The SMILES string of the molecule is Cn1nc(C2CCC(=O)N(OC(=O)C(F)(F)F)C2=O)c2ccc(C3CCNCC3)cc21. The Hall–Kier alpha value is -2.95. The maximum absolute atomic E-state index is 12.8. The number of alkyl halides is 3. The summed E-state index contributed by atoms with van der Waals surface area (Å²) in [5.41, 5.74) is 2.30. The Kier molecular flexibility index (Phi) is 5.46. The first kappa shape index (κ1) is 21.3. The summed E-state index contributed by atoms with van der Waals surface area (Å²) in [5.74, 6) is -5.22. The molecule has 1 aromatic carbocycles. The van der Waals surface area contributed by atoms with Crippen LogP contribution in [0, 0.1) is 0 Å². The van der Waals surface area contributed by atoms with Gasteiger partial charge in [0, 0.05) is 18.9 Å². The highest BCUT2D eigenvalue weighted by molar-refractivity contribution is 6.02. The predicted molar refractivity (Wildman–Crippen MR) is 102 cm³/mol. The minimum atomic E-state index is -5.32. The Bertz CT molecular complexity index is 1040. The van der Waals surface area contributed by atoms with E-state index in [2.05, 4.69) is 15.3 Å². The number of piperidine rings is 2. The number of carbonyl (C=O) groups excluding carboxylic acids is 3. The van der Waals surface area contributed by atoms with Gasteiger partial charge in [-0.2, -0.15) is 18.3 Å². The predicted octanol–water partition coefficient (Wildman–Crippen LogP) is 2.29. The van der Waals surface area contributed by atoms with Gasteiger partial charge in [-0.05, 0) is 49.9 Å². The molecular formula is C20H21F3N4O4. The number of aromatic nitrogens is 2. The van der Waals surface area contributed by atoms with Crippen molar-refractivity contribution in [1.82, 2.24) is 20.2 Å². The maximum atomic E-state index is 12.8. The first-order valence-corrected chi connectivity index (χ1v) is 10.00. The number of fused-ring (bicyclic) bond motifs is 1. The number of imide groups is 1. The molecule has 1 aromatic heterocycles. The number of aryl methyl sites for hydroxylation is 1. The fourth-order valence-corrected chi connectivity index (χ4v) is 4.21. The normalized spacial score (nSPS) is 21.0. The van der Waals surface area contributed by atoms with E-state index in [9.17, 15) is 27.6 Å². The third kappa shape index (κ3) is 4.01. The van der Waals surface area contributed by atoms with Crippen LogP contribution in [0.15, 0.2) is 18.2 Å². The molecule has 0 bridgehead atoms. The number of amides is 2. The zero-order valence-electron chi connectivity index (χ0n) is 16.7. The van der Waals surface area contributed by atoms with Gasteiger partial charge in [0.2, 0.25) is 0 Å². The molecule has 0 spiro atoms. The largest absolute Gasteiger partial charge is 0.493 e. The van der Waals surface area contributed by atoms with Gasteiger partial charge in [-0.25, -0.2) is 4.79 Å². The van der Waals surface area contributed by atoms with Crippen molar-refractivity contribution in [3.05, 3.63) is 29.5 Å². The van der Waals surface area contributed by atoms with Gasteiger partial charge in [-0.3, -0.25) is 14.3 Å². The molecule has 166 valence electrons. The summed E-state index contributed by atoms with van der Waals surface area (Å²) >= 11 is 0. The van der Waals surface area contributed by atoms with E-state index in [1.165, 1.54) is 0 Å². The molecule has 0 aliphatic carbocycles. The highest BCUT2D eigenvalue weighted by Gasteiger charge is 2.47. The van der Waals surface area contributed by atoms with Crippen LogP contribution in [-0.2, 0) is 26.3 Å². The number of nitrogens with one attached hydrogen (secondary N) is 1. The highest BCUT2D eigenvalue weighted by Crippen LogP contribution is 2.35. The van der Waals surface area contributed by atoms with E-state index in [1.807, 2.05) is 18.2 Å². The fraction of sp³-hybridized carbons (Fsp3) is 0.500. The number of benzene rings is 1. The zero-order chi connectivity index (χ0) is 22.3. The quantitative estimate of drug-likeness (QED) is 0.740. The van der Waals surface area contributed by atoms with E-state index in [-0.39, 0.29) is 17.9 Å². The van der Waals surface area contributed by atoms with Gasteiger partial charge in [-0.15, -0.1) is 5.06 Å². The van der Waals surface area contributed by atoms with Gasteiger partial charge in [0.15, 0.2) is 0 Å². The first-order valence-electron chi connectivity index (χ1n) is 10.00. The second-order valence-electron chi connectivity index (χ2n) is 7.80. The molecule has 1 unspecified atom stereocenters. The van der Waals surface area contributed by atoms with E-state index in [1.54, 1.807) is 11.7 Å². The van der Waals surface area contributed by atoms with Crippen molar-refractivity contribution in [2.24, 2.45) is 7.05 Å². The van der Waals surface area contributed by atoms with Crippen molar-refractivity contribution >= 4 is 28.7 Å². The van der Waals surface area contributed by atoms with E-state index in [0.717, 1.165) is 37.0 Å². The Morgan fingerprint density at radius 3 is 2.58 bits per heavy atom. The van der Waals surface area contributed by atoms with Gasteiger partial charge in [0.25, 0.3) is 11.8 Å². The maximum Gasteiger partial charge on any atom is 0.493 e. The van der Waals surface area contributed by atoms with Crippen molar-refractivity contribution in [3.63, 3.8) is 0 Å². The highest BCUT2D eigenvalue weighted by atomic mass is 19.4. The van der Waals surface area contributed by atoms with Gasteiger partial charge >= 0.3 is 12.1 Å². The van der Waals surface area contributed by atoms with Crippen LogP contribution in [0.4, 0.5) is 13.2 Å². The van der Waals surface area contributed by atoms with Crippen molar-refractivity contribution < 1.29 is 32.4 Å². The van der Waals surface area contributed by atoms with Crippen molar-refractivity contribution in [1.29, 1.82) is 0 Å². The van der Waals surface area contributed by atoms with E-state index in [0.29, 0.717) is 17.0 Å². The molecule has 11 heteroatoms. The van der Waals surface area contributed by atoms with Crippen LogP contribution in [0.1, 0.15) is 48.8 Å². The lowest BCUT2D eigenvalue weighted by Crippen LogP contribution is -2.47. The number of hydrogen-bond donors (Lipinski definition) is 1. The molecule has 1 atom stereocenters. The minimum absolute atomic E-state index is 0.0693. The summed E-state index contributed by atoms with van der Waals surface area (Å²) in [6.07, 6.45) is -3.47. The zero-order valence-corrected chi connectivity index (χ0v) is 16.7. The molecule has 2 amide bonds. The second kappa shape index (κ2) is 7.95. The Morgan fingerprint density at radius 1 is 1.19 bits per heavy atom. The molecule has 3 heterocycles. The van der Waals surface area contributed by atoms with Crippen molar-refractivity contribution in [2.75, 3.05) is 13.1 Å². The average Bonchev–Trinajstić information content (AvgIpc) is 3.06. The topological polar surface area (TPSA) is 93.5 Å². The molecule has 4 rings (SSSR count). The Morgan fingerprint density at radius 2 is 1.90 bits per heavy atom. The molecule has 1 N–H and O–H groups in total. The second-order valence-corrected chi connectivity index (χ2v) is 7.80. The smallest absolute Gasteiger partial charge is 0.322 e. The average molecular weight is 438 g/mol. The van der Waals surface area contributed by atoms with Crippen molar-refractivity contribution in [2.45, 2.75) is 43.7 Å². The van der Waals surface area contributed by atoms with Crippen LogP contribution in [0.2, 0.25) is 0 Å². The summed E-state index contributed by atoms with van der Waals surface area (Å²) in [6, 6.07) is 5.84. The van der Waals surface area contributed by atoms with Crippen LogP contribution in [0.3, 0.4) is 0 Å². The molecule has 2 saturated heterocycles. The third-order valence-corrected chi connectivity index (χ3v) is 5.82. The molecule has 2 fully saturated rings. The minimum Gasteiger partial charge on any atom is -0.322 e. The molecule has 2 aliphatic rings. The van der Waals surface area contributed by atoms with Crippen LogP contribution in [-0.4, -0.2) is 51.9 Å². The van der Waals surface area contributed by atoms with E-state index < -0.39 is 29.9 Å². The van der Waals surface area contributed by atoms with E-state index in [4.69, 9.17) is 0 Å². The fourth-order valence-electron chi connectivity index (χ4n) is 4.21. The van der Waals surface area contributed by atoms with Crippen LogP contribution < -0.4 is 5.32 Å². The third-order valence-electron chi connectivity index (χ3n) is 5.82. The number of hydrogen-bond acceptors (Lipinski definition) is 6. The standard InChI is InChI=1S/C20H21F3N4O4/c1-26-15-10-12(11-6-8-24-9-7-11)2-3-13(15)17(25-26)14-4-5-16(28)27(18(14)29)31-19(30)20(21,22)23/h2-3,10-11,14,24H,4-9H2,1H3. The first-order chi connectivity index (χ1) is 14.7. The molecular weight excluding hydrogens is 417 g/mol. The molecule has 31 heavy (non-hydrogen) atoms. The summed E-state index contributed by atoms with van der Waals surface area (Å²) in [4.78, 5) is 40.0. The number of carbonyl (C=O) groups is 3. The van der Waals surface area contributed by atoms with Crippen LogP contribution >= 0.6 is 0 Å². The molecule has 0 saturated carbocycles. The number of nitrogens with zero attached hydrogens (tertiary/aromatic N) is 3. The lowest BCUT2D eigenvalue weighted by molar-refractivity contribution is -0.237. The van der Waals surface area contributed by atoms with E-state index >= 15 is 0 Å². The number of halogens is 3. The summed E-state index contributed by atoms with van der Waals surface area (Å²) < 4.78 is 39.2. The molecule has 8 nitrogen and oxygen atoms in total. The summed E-state index contributed by atoms with van der Waals surface area (Å²) in [6.45, 7) is 1.88. The lowest BCUT2D eigenvalue weighted by atomic mass is 9.88. The monoisotopic (exact) mass is 438 g/mol. The number of rotatable bonds is 3. The van der Waals surface area contributed by atoms with Crippen LogP contribution in [0.5, 0.6) is 0 Å². The Labute approximate surface area is 175 Å². The van der Waals surface area contributed by atoms with Gasteiger partial charge < -0.3 is 10.2 Å². The lowest BCUT2D eigenvalue weighted by Gasteiger charge is -2.28. The summed E-state index contributed by atoms with van der Waals surface area (Å²) in [7, 11) is 1.72. The molecule has 2 aromatic rings. The Balaban J connectivity index is 1.63. The molecule has 0 radical (unpaired) electrons. The molecule has 2 aliphatic heterocycles. The van der Waals surface area contributed by atoms with Gasteiger partial charge in [0.05, 0.1) is 17.1 Å². The summed E-state index contributed by atoms with van der Waals surface area (Å²) in [5, 5.41) is 8.34. The van der Waals surface area contributed by atoms with Crippen LogP contribution in [0.25, 0.3) is 10.9 Å². The van der Waals surface area contributed by atoms with Gasteiger partial charge in [0.1, 0.15) is 0 Å². The van der Waals surface area contributed by atoms with Gasteiger partial charge in [-0.1, -0.05) is 12.1 Å². The number of hydroxylamine groups is 2.